The van der Waals surface area contributed by atoms with E-state index in [0.717, 1.165) is 13.1 Å². The van der Waals surface area contributed by atoms with Crippen LogP contribution in [0.5, 0.6) is 11.5 Å². The molecule has 1 aromatic rings. The minimum atomic E-state index is -0.0118. The highest BCUT2D eigenvalue weighted by atomic mass is 16.5. The summed E-state index contributed by atoms with van der Waals surface area (Å²) in [6.45, 7) is 5.71. The van der Waals surface area contributed by atoms with E-state index in [1.807, 2.05) is 18.7 Å². The van der Waals surface area contributed by atoms with Crippen LogP contribution in [0.15, 0.2) is 18.2 Å². The van der Waals surface area contributed by atoms with Crippen LogP contribution in [0.2, 0.25) is 0 Å². The summed E-state index contributed by atoms with van der Waals surface area (Å²) in [4.78, 5) is 14.7. The lowest BCUT2D eigenvalue weighted by molar-refractivity contribution is 0.0541. The molecule has 1 amide bonds. The summed E-state index contributed by atoms with van der Waals surface area (Å²) in [5.74, 6) is 1.22. The quantitative estimate of drug-likeness (QED) is 0.911. The molecule has 0 aliphatic carbocycles. The van der Waals surface area contributed by atoms with Gasteiger partial charge in [0.15, 0.2) is 0 Å². The molecule has 2 atom stereocenters. The first-order valence-electron chi connectivity index (χ1n) is 6.84. The molecule has 1 heterocycles. The molecule has 0 bridgehead atoms. The van der Waals surface area contributed by atoms with Crippen molar-refractivity contribution in [3.05, 3.63) is 23.8 Å². The molecule has 2 rings (SSSR count). The second-order valence-electron chi connectivity index (χ2n) is 5.13. The van der Waals surface area contributed by atoms with E-state index in [9.17, 15) is 4.79 Å². The summed E-state index contributed by atoms with van der Waals surface area (Å²) in [5, 5.41) is 3.32. The Labute approximate surface area is 119 Å². The summed E-state index contributed by atoms with van der Waals surface area (Å²) >= 11 is 0. The molecule has 1 aliphatic rings. The van der Waals surface area contributed by atoms with Crippen LogP contribution in [0.25, 0.3) is 0 Å². The summed E-state index contributed by atoms with van der Waals surface area (Å²) < 4.78 is 10.5. The average Bonchev–Trinajstić information content (AvgIpc) is 2.46. The third kappa shape index (κ3) is 2.72. The summed E-state index contributed by atoms with van der Waals surface area (Å²) in [7, 11) is 3.16. The van der Waals surface area contributed by atoms with E-state index in [-0.39, 0.29) is 18.0 Å². The Kier molecular flexibility index (Phi) is 4.49. The molecule has 0 radical (unpaired) electrons. The van der Waals surface area contributed by atoms with Gasteiger partial charge >= 0.3 is 0 Å². The van der Waals surface area contributed by atoms with Gasteiger partial charge in [0.05, 0.1) is 19.8 Å². The highest BCUT2D eigenvalue weighted by Gasteiger charge is 2.31. The number of nitrogens with zero attached hydrogens (tertiary/aromatic N) is 1. The van der Waals surface area contributed by atoms with Crippen molar-refractivity contribution in [2.75, 3.05) is 27.3 Å². The number of amides is 1. The van der Waals surface area contributed by atoms with E-state index in [0.29, 0.717) is 17.1 Å². The first-order valence-corrected chi connectivity index (χ1v) is 6.84. The van der Waals surface area contributed by atoms with Gasteiger partial charge in [0, 0.05) is 25.2 Å². The SMILES string of the molecule is COc1ccc(OC)c(C(=O)N2C(C)CNCC2C)c1. The highest BCUT2D eigenvalue weighted by Crippen LogP contribution is 2.27. The fraction of sp³-hybridized carbons (Fsp3) is 0.533. The van der Waals surface area contributed by atoms with Crippen LogP contribution in [0, 0.1) is 0 Å². The number of methoxy groups -OCH3 is 2. The van der Waals surface area contributed by atoms with Crippen molar-refractivity contribution in [2.24, 2.45) is 0 Å². The molecule has 20 heavy (non-hydrogen) atoms. The van der Waals surface area contributed by atoms with Crippen molar-refractivity contribution in [2.45, 2.75) is 25.9 Å². The van der Waals surface area contributed by atoms with Gasteiger partial charge in [-0.25, -0.2) is 0 Å². The van der Waals surface area contributed by atoms with Gasteiger partial charge in [-0.15, -0.1) is 0 Å². The molecule has 1 aromatic carbocycles. The predicted molar refractivity (Wildman–Crippen MR) is 77.5 cm³/mol. The fourth-order valence-electron chi connectivity index (χ4n) is 2.65. The molecular weight excluding hydrogens is 256 g/mol. The third-order valence-corrected chi connectivity index (χ3v) is 3.70. The smallest absolute Gasteiger partial charge is 0.258 e. The van der Waals surface area contributed by atoms with Crippen molar-refractivity contribution in [3.8, 4) is 11.5 Å². The summed E-state index contributed by atoms with van der Waals surface area (Å²) in [6.07, 6.45) is 0. The van der Waals surface area contributed by atoms with Crippen LogP contribution in [0.1, 0.15) is 24.2 Å². The molecule has 1 saturated heterocycles. The van der Waals surface area contributed by atoms with E-state index in [1.54, 1.807) is 32.4 Å². The van der Waals surface area contributed by atoms with E-state index in [1.165, 1.54) is 0 Å². The number of carbonyl (C=O) groups is 1. The Hall–Kier alpha value is -1.75. The Morgan fingerprint density at radius 2 is 1.85 bits per heavy atom. The van der Waals surface area contributed by atoms with E-state index >= 15 is 0 Å². The van der Waals surface area contributed by atoms with Crippen molar-refractivity contribution in [1.82, 2.24) is 10.2 Å². The zero-order chi connectivity index (χ0) is 14.7. The lowest BCUT2D eigenvalue weighted by Crippen LogP contribution is -2.57. The molecule has 5 nitrogen and oxygen atoms in total. The normalized spacial score (nSPS) is 22.5. The molecule has 1 aliphatic heterocycles. The number of benzene rings is 1. The average molecular weight is 278 g/mol. The number of rotatable bonds is 3. The van der Waals surface area contributed by atoms with Crippen LogP contribution >= 0.6 is 0 Å². The molecule has 0 saturated carbocycles. The maximum Gasteiger partial charge on any atom is 0.258 e. The van der Waals surface area contributed by atoms with Crippen LogP contribution in [0.4, 0.5) is 0 Å². The van der Waals surface area contributed by atoms with E-state index < -0.39 is 0 Å². The number of piperazine rings is 1. The second kappa shape index (κ2) is 6.13. The second-order valence-corrected chi connectivity index (χ2v) is 5.13. The lowest BCUT2D eigenvalue weighted by Gasteiger charge is -2.39. The summed E-state index contributed by atoms with van der Waals surface area (Å²) in [5.41, 5.74) is 0.549. The minimum Gasteiger partial charge on any atom is -0.497 e. The standard InChI is InChI=1S/C15H22N2O3/c1-10-8-16-9-11(2)17(10)15(18)13-7-12(19-3)5-6-14(13)20-4/h5-7,10-11,16H,8-9H2,1-4H3. The fourth-order valence-corrected chi connectivity index (χ4v) is 2.65. The van der Waals surface area contributed by atoms with Gasteiger partial charge in [-0.1, -0.05) is 0 Å². The molecular formula is C15H22N2O3. The Balaban J connectivity index is 2.36. The number of hydrogen-bond acceptors (Lipinski definition) is 4. The highest BCUT2D eigenvalue weighted by molar-refractivity contribution is 5.97. The lowest BCUT2D eigenvalue weighted by atomic mass is 10.1. The van der Waals surface area contributed by atoms with E-state index in [4.69, 9.17) is 9.47 Å². The first-order chi connectivity index (χ1) is 9.58. The minimum absolute atomic E-state index is 0.0118. The molecule has 2 unspecified atom stereocenters. The number of nitrogens with one attached hydrogen (secondary N) is 1. The van der Waals surface area contributed by atoms with E-state index in [2.05, 4.69) is 5.32 Å². The Bertz CT molecular complexity index is 480. The van der Waals surface area contributed by atoms with Crippen molar-refractivity contribution in [3.63, 3.8) is 0 Å². The maximum atomic E-state index is 12.8. The van der Waals surface area contributed by atoms with Gasteiger partial charge in [-0.3, -0.25) is 4.79 Å². The van der Waals surface area contributed by atoms with Crippen LogP contribution in [-0.2, 0) is 0 Å². The largest absolute Gasteiger partial charge is 0.497 e. The van der Waals surface area contributed by atoms with Gasteiger partial charge in [-0.2, -0.15) is 0 Å². The molecule has 0 aromatic heterocycles. The zero-order valence-corrected chi connectivity index (χ0v) is 12.5. The van der Waals surface area contributed by atoms with Crippen molar-refractivity contribution < 1.29 is 14.3 Å². The number of carbonyl (C=O) groups excluding carboxylic acids is 1. The van der Waals surface area contributed by atoms with Gasteiger partial charge in [0.25, 0.3) is 5.91 Å². The summed E-state index contributed by atoms with van der Waals surface area (Å²) in [6, 6.07) is 5.61. The molecule has 1 N–H and O–H groups in total. The van der Waals surface area contributed by atoms with Crippen LogP contribution in [-0.4, -0.2) is 50.2 Å². The molecule has 110 valence electrons. The topological polar surface area (TPSA) is 50.8 Å². The molecule has 1 fully saturated rings. The Morgan fingerprint density at radius 3 is 2.40 bits per heavy atom. The third-order valence-electron chi connectivity index (χ3n) is 3.70. The predicted octanol–water partition coefficient (Wildman–Crippen LogP) is 1.53. The van der Waals surface area contributed by atoms with Gasteiger partial charge in [0.2, 0.25) is 0 Å². The maximum absolute atomic E-state index is 12.8. The monoisotopic (exact) mass is 278 g/mol. The van der Waals surface area contributed by atoms with Gasteiger partial charge < -0.3 is 19.7 Å². The Morgan fingerprint density at radius 1 is 1.20 bits per heavy atom. The van der Waals surface area contributed by atoms with Crippen LogP contribution < -0.4 is 14.8 Å². The molecule has 0 spiro atoms. The van der Waals surface area contributed by atoms with Gasteiger partial charge in [0.1, 0.15) is 11.5 Å². The van der Waals surface area contributed by atoms with Gasteiger partial charge in [-0.05, 0) is 32.0 Å². The zero-order valence-electron chi connectivity index (χ0n) is 12.5. The van der Waals surface area contributed by atoms with Crippen LogP contribution in [0.3, 0.4) is 0 Å². The first kappa shape index (κ1) is 14.7. The van der Waals surface area contributed by atoms with Crippen molar-refractivity contribution >= 4 is 5.91 Å². The van der Waals surface area contributed by atoms with Crippen molar-refractivity contribution in [1.29, 1.82) is 0 Å². The molecule has 5 heteroatoms. The number of ether oxygens (including phenoxy) is 2. The number of hydrogen-bond donors (Lipinski definition) is 1.